The van der Waals surface area contributed by atoms with Crippen LogP contribution in [0.15, 0.2) is 42.5 Å². The van der Waals surface area contributed by atoms with Crippen molar-refractivity contribution in [2.45, 2.75) is 6.92 Å². The summed E-state index contributed by atoms with van der Waals surface area (Å²) in [6.45, 7) is 6.45. The van der Waals surface area contributed by atoms with Crippen LogP contribution in [0.5, 0.6) is 0 Å². The number of hydrogen-bond acceptors (Lipinski definition) is 7. The lowest BCUT2D eigenvalue weighted by Crippen LogP contribution is -2.39. The van der Waals surface area contributed by atoms with Gasteiger partial charge in [0.2, 0.25) is 5.95 Å². The molecule has 2 aromatic carbocycles. The smallest absolute Gasteiger partial charge is 0.225 e. The van der Waals surface area contributed by atoms with Crippen LogP contribution in [-0.2, 0) is 4.74 Å². The lowest BCUT2D eigenvalue weighted by molar-refractivity contribution is 0.0398. The molecule has 3 heterocycles. The maximum Gasteiger partial charge on any atom is 0.225 e. The van der Waals surface area contributed by atoms with Crippen LogP contribution >= 0.6 is 0 Å². The molecule has 8 nitrogen and oxygen atoms in total. The summed E-state index contributed by atoms with van der Waals surface area (Å²) >= 11 is 0. The van der Waals surface area contributed by atoms with Crippen molar-refractivity contribution in [1.29, 1.82) is 0 Å². The average molecular weight is 466 g/mol. The molecule has 2 aromatic heterocycles. The van der Waals surface area contributed by atoms with Crippen molar-refractivity contribution in [3.63, 3.8) is 0 Å². The molecule has 0 spiro atoms. The second-order valence-corrected chi connectivity index (χ2v) is 8.24. The maximum absolute atomic E-state index is 14.8. The van der Waals surface area contributed by atoms with Crippen molar-refractivity contribution < 1.29 is 13.5 Å². The first-order chi connectivity index (χ1) is 16.5. The first-order valence-corrected chi connectivity index (χ1v) is 11.1. The molecule has 1 saturated heterocycles. The molecule has 0 aliphatic carbocycles. The predicted molar refractivity (Wildman–Crippen MR) is 127 cm³/mol. The molecular formula is C24H25F2N7O. The first-order valence-electron chi connectivity index (χ1n) is 11.1. The van der Waals surface area contributed by atoms with Crippen molar-refractivity contribution in [3.05, 3.63) is 59.7 Å². The summed E-state index contributed by atoms with van der Waals surface area (Å²) < 4.78 is 35.8. The molecule has 3 N–H and O–H groups in total. The number of nitrogens with one attached hydrogen (secondary N) is 1. The molecule has 10 heteroatoms. The number of aryl methyl sites for hydroxylation is 1. The zero-order valence-corrected chi connectivity index (χ0v) is 18.8. The number of nitrogens with zero attached hydrogens (tertiary/aromatic N) is 5. The number of halogens is 2. The minimum atomic E-state index is -0.608. The average Bonchev–Trinajstić information content (AvgIpc) is 3.17. The summed E-state index contributed by atoms with van der Waals surface area (Å²) in [4.78, 5) is 11.3. The Balaban J connectivity index is 1.58. The Bertz CT molecular complexity index is 1330. The highest BCUT2D eigenvalue weighted by atomic mass is 19.1. The monoisotopic (exact) mass is 465 g/mol. The molecule has 0 radical (unpaired) electrons. The first kappa shape index (κ1) is 22.2. The number of aromatic nitrogens is 4. The summed E-state index contributed by atoms with van der Waals surface area (Å²) in [5, 5.41) is 8.14. The van der Waals surface area contributed by atoms with E-state index in [9.17, 15) is 8.78 Å². The third kappa shape index (κ3) is 4.42. The van der Waals surface area contributed by atoms with Gasteiger partial charge in [-0.2, -0.15) is 4.98 Å². The van der Waals surface area contributed by atoms with Gasteiger partial charge in [-0.05, 0) is 42.8 Å². The van der Waals surface area contributed by atoms with E-state index < -0.39 is 11.6 Å². The molecule has 0 saturated carbocycles. The minimum Gasteiger partial charge on any atom is -0.383 e. The largest absolute Gasteiger partial charge is 0.383 e. The number of hydrogen-bond donors (Lipinski definition) is 2. The van der Waals surface area contributed by atoms with Crippen LogP contribution in [0, 0.1) is 18.6 Å². The predicted octanol–water partition coefficient (Wildman–Crippen LogP) is 3.40. The van der Waals surface area contributed by atoms with E-state index in [-0.39, 0.29) is 23.0 Å². The lowest BCUT2D eigenvalue weighted by atomic mass is 10.1. The van der Waals surface area contributed by atoms with Gasteiger partial charge in [-0.15, -0.1) is 5.10 Å². The minimum absolute atomic E-state index is 0.000813. The van der Waals surface area contributed by atoms with Crippen LogP contribution in [0.2, 0.25) is 0 Å². The molecule has 1 aliphatic rings. The van der Waals surface area contributed by atoms with Crippen LogP contribution < -0.4 is 11.1 Å². The zero-order chi connectivity index (χ0) is 23.7. The fraction of sp³-hybridized carbons (Fsp3) is 0.292. The SMILES string of the molecule is Cc1cccc(-n2nc3nc(NCCN4CCOCC4)nc(-c4cc(F)ccc4F)c3c2N)c1. The number of fused-ring (bicyclic) bond motifs is 1. The Morgan fingerprint density at radius 3 is 2.71 bits per heavy atom. The van der Waals surface area contributed by atoms with Crippen LogP contribution in [0.4, 0.5) is 20.5 Å². The topological polar surface area (TPSA) is 94.1 Å². The number of nitrogen functional groups attached to an aromatic ring is 1. The molecular weight excluding hydrogens is 440 g/mol. The van der Waals surface area contributed by atoms with E-state index in [4.69, 9.17) is 10.5 Å². The standard InChI is InChI=1S/C24H25F2N7O/c1-15-3-2-4-17(13-15)33-22(27)20-21(18-14-16(25)5-6-19(18)26)29-24(30-23(20)31-33)28-7-8-32-9-11-34-12-10-32/h2-6,13-14H,7-12,27H2,1H3,(H,28,30,31). The van der Waals surface area contributed by atoms with Crippen molar-refractivity contribution in [3.8, 4) is 16.9 Å². The van der Waals surface area contributed by atoms with Gasteiger partial charge in [0.1, 0.15) is 17.5 Å². The second kappa shape index (κ2) is 9.32. The maximum atomic E-state index is 14.8. The van der Waals surface area contributed by atoms with Crippen molar-refractivity contribution >= 4 is 22.8 Å². The number of benzene rings is 2. The number of anilines is 2. The van der Waals surface area contributed by atoms with E-state index in [0.29, 0.717) is 30.8 Å². The molecule has 1 fully saturated rings. The van der Waals surface area contributed by atoms with Gasteiger partial charge in [-0.3, -0.25) is 4.90 Å². The molecule has 5 rings (SSSR count). The van der Waals surface area contributed by atoms with E-state index in [1.54, 1.807) is 4.68 Å². The normalized spacial score (nSPS) is 14.6. The van der Waals surface area contributed by atoms with Gasteiger partial charge < -0.3 is 15.8 Å². The third-order valence-corrected chi connectivity index (χ3v) is 5.81. The number of nitrogens with two attached hydrogens (primary N) is 1. The second-order valence-electron chi connectivity index (χ2n) is 8.24. The van der Waals surface area contributed by atoms with E-state index in [1.807, 2.05) is 31.2 Å². The van der Waals surface area contributed by atoms with Gasteiger partial charge >= 0.3 is 0 Å². The molecule has 34 heavy (non-hydrogen) atoms. The van der Waals surface area contributed by atoms with Crippen molar-refractivity contribution in [2.75, 3.05) is 50.4 Å². The molecule has 0 atom stereocenters. The highest BCUT2D eigenvalue weighted by Crippen LogP contribution is 2.34. The lowest BCUT2D eigenvalue weighted by Gasteiger charge is -2.26. The van der Waals surface area contributed by atoms with Gasteiger partial charge in [0.05, 0.1) is 30.0 Å². The van der Waals surface area contributed by atoms with Gasteiger partial charge in [0.15, 0.2) is 5.65 Å². The Kier molecular flexibility index (Phi) is 6.08. The third-order valence-electron chi connectivity index (χ3n) is 5.81. The summed E-state index contributed by atoms with van der Waals surface area (Å²) in [6, 6.07) is 10.9. The molecule has 1 aliphatic heterocycles. The van der Waals surface area contributed by atoms with E-state index in [2.05, 4.69) is 25.3 Å². The molecule has 4 aromatic rings. The number of ether oxygens (including phenoxy) is 1. The highest BCUT2D eigenvalue weighted by Gasteiger charge is 2.22. The van der Waals surface area contributed by atoms with Gasteiger partial charge in [-0.25, -0.2) is 18.4 Å². The van der Waals surface area contributed by atoms with Crippen LogP contribution in [0.25, 0.3) is 28.0 Å². The Morgan fingerprint density at radius 2 is 1.91 bits per heavy atom. The summed E-state index contributed by atoms with van der Waals surface area (Å²) in [5.74, 6) is -0.662. The molecule has 176 valence electrons. The highest BCUT2D eigenvalue weighted by molar-refractivity contribution is 5.99. The van der Waals surface area contributed by atoms with Gasteiger partial charge in [-0.1, -0.05) is 12.1 Å². The Hall–Kier alpha value is -3.63. The zero-order valence-electron chi connectivity index (χ0n) is 18.8. The number of rotatable bonds is 6. The summed E-state index contributed by atoms with van der Waals surface area (Å²) in [6.07, 6.45) is 0. The summed E-state index contributed by atoms with van der Waals surface area (Å²) in [7, 11) is 0. The van der Waals surface area contributed by atoms with E-state index >= 15 is 0 Å². The quantitative estimate of drug-likeness (QED) is 0.451. The Labute approximate surface area is 195 Å². The van der Waals surface area contributed by atoms with Crippen molar-refractivity contribution in [2.24, 2.45) is 0 Å². The Morgan fingerprint density at radius 1 is 1.09 bits per heavy atom. The van der Waals surface area contributed by atoms with Gasteiger partial charge in [0, 0.05) is 31.7 Å². The molecule has 0 bridgehead atoms. The van der Waals surface area contributed by atoms with Crippen molar-refractivity contribution in [1.82, 2.24) is 24.6 Å². The van der Waals surface area contributed by atoms with Gasteiger partial charge in [0.25, 0.3) is 0 Å². The van der Waals surface area contributed by atoms with E-state index in [1.165, 1.54) is 0 Å². The van der Waals surface area contributed by atoms with Crippen LogP contribution in [-0.4, -0.2) is 64.0 Å². The molecule has 0 amide bonds. The van der Waals surface area contributed by atoms with Crippen LogP contribution in [0.1, 0.15) is 5.56 Å². The number of morpholine rings is 1. The molecule has 0 unspecified atom stereocenters. The van der Waals surface area contributed by atoms with Crippen LogP contribution in [0.3, 0.4) is 0 Å². The fourth-order valence-electron chi connectivity index (χ4n) is 4.07. The fourth-order valence-corrected chi connectivity index (χ4v) is 4.07. The van der Waals surface area contributed by atoms with E-state index in [0.717, 1.165) is 49.1 Å². The summed E-state index contributed by atoms with van der Waals surface area (Å²) in [5.41, 5.74) is 8.71.